The molecule has 3 N–H and O–H groups in total. The summed E-state index contributed by atoms with van der Waals surface area (Å²) >= 11 is 0. The molecule has 0 aromatic heterocycles. The number of nitrogens with zero attached hydrogens (tertiary/aromatic N) is 1. The van der Waals surface area contributed by atoms with Gasteiger partial charge in [-0.2, -0.15) is 0 Å². The first kappa shape index (κ1) is 16.2. The lowest BCUT2D eigenvalue weighted by Gasteiger charge is -2.27. The van der Waals surface area contributed by atoms with Crippen molar-refractivity contribution in [3.05, 3.63) is 23.8 Å². The van der Waals surface area contributed by atoms with Crippen molar-refractivity contribution < 1.29 is 8.42 Å². The minimum atomic E-state index is -3.44. The molecule has 0 bridgehead atoms. The van der Waals surface area contributed by atoms with E-state index in [9.17, 15) is 8.42 Å². The van der Waals surface area contributed by atoms with Crippen molar-refractivity contribution in [1.29, 1.82) is 0 Å². The van der Waals surface area contributed by atoms with E-state index in [0.29, 0.717) is 11.4 Å². The Labute approximate surface area is 120 Å². The van der Waals surface area contributed by atoms with Crippen LogP contribution in [-0.4, -0.2) is 35.1 Å². The number of aryl methyl sites for hydroxylation is 1. The molecule has 0 spiro atoms. The Balaban J connectivity index is 0.00000180. The average molecular weight is 306 g/mol. The van der Waals surface area contributed by atoms with Crippen LogP contribution in [0.25, 0.3) is 0 Å². The van der Waals surface area contributed by atoms with Gasteiger partial charge in [-0.25, -0.2) is 13.1 Å². The number of nitrogens with two attached hydrogens (primary N) is 1. The number of hydrogen-bond donors (Lipinski definition) is 2. The Morgan fingerprint density at radius 2 is 2.16 bits per heavy atom. The van der Waals surface area contributed by atoms with Crippen molar-refractivity contribution in [2.45, 2.75) is 17.7 Å². The van der Waals surface area contributed by atoms with Crippen molar-refractivity contribution in [3.63, 3.8) is 0 Å². The predicted molar refractivity (Wildman–Crippen MR) is 79.5 cm³/mol. The van der Waals surface area contributed by atoms with Gasteiger partial charge in [-0.1, -0.05) is 6.07 Å². The number of rotatable bonds is 4. The Morgan fingerprint density at radius 3 is 2.84 bits per heavy atom. The van der Waals surface area contributed by atoms with Gasteiger partial charge in [0, 0.05) is 32.4 Å². The molecular formula is C12H20ClN3O2S. The molecule has 1 aliphatic rings. The number of benzene rings is 1. The predicted octanol–water partition coefficient (Wildman–Crippen LogP) is 0.728. The Kier molecular flexibility index (Phi) is 5.61. The van der Waals surface area contributed by atoms with Crippen molar-refractivity contribution in [2.75, 3.05) is 31.6 Å². The summed E-state index contributed by atoms with van der Waals surface area (Å²) in [6.07, 6.45) is 2.12. The fourth-order valence-electron chi connectivity index (χ4n) is 2.18. The minimum Gasteiger partial charge on any atom is -0.374 e. The summed E-state index contributed by atoms with van der Waals surface area (Å²) in [7, 11) is -1.45. The van der Waals surface area contributed by atoms with Gasteiger partial charge in [0.25, 0.3) is 0 Å². The summed E-state index contributed by atoms with van der Waals surface area (Å²) < 4.78 is 26.5. The molecule has 0 saturated carbocycles. The summed E-state index contributed by atoms with van der Waals surface area (Å²) in [4.78, 5) is 2.41. The maximum atomic E-state index is 12.0. The lowest BCUT2D eigenvalue weighted by Crippen LogP contribution is -2.30. The van der Waals surface area contributed by atoms with Gasteiger partial charge in [0.05, 0.1) is 4.90 Å². The third kappa shape index (κ3) is 3.60. The van der Waals surface area contributed by atoms with Crippen LogP contribution >= 0.6 is 12.4 Å². The maximum absolute atomic E-state index is 12.0. The van der Waals surface area contributed by atoms with Crippen LogP contribution in [0.4, 0.5) is 5.69 Å². The van der Waals surface area contributed by atoms with E-state index in [-0.39, 0.29) is 19.0 Å². The van der Waals surface area contributed by atoms with E-state index in [2.05, 4.69) is 9.62 Å². The van der Waals surface area contributed by atoms with Gasteiger partial charge in [0.15, 0.2) is 0 Å². The first-order valence-electron chi connectivity index (χ1n) is 6.08. The second-order valence-electron chi connectivity index (χ2n) is 4.50. The third-order valence-electron chi connectivity index (χ3n) is 3.15. The van der Waals surface area contributed by atoms with Crippen LogP contribution in [0.15, 0.2) is 23.1 Å². The van der Waals surface area contributed by atoms with E-state index in [1.54, 1.807) is 12.1 Å². The zero-order valence-electron chi connectivity index (χ0n) is 10.9. The van der Waals surface area contributed by atoms with E-state index < -0.39 is 10.0 Å². The van der Waals surface area contributed by atoms with Crippen molar-refractivity contribution in [1.82, 2.24) is 4.72 Å². The Morgan fingerprint density at radius 1 is 1.42 bits per heavy atom. The maximum Gasteiger partial charge on any atom is 0.240 e. The number of nitrogens with one attached hydrogen (secondary N) is 1. The van der Waals surface area contributed by atoms with E-state index >= 15 is 0 Å². The number of sulfonamides is 1. The molecular weight excluding hydrogens is 286 g/mol. The standard InChI is InChI=1S/C12H19N3O2S.ClH/c1-15-8-2-3-10-4-5-11(9-12(10)15)18(16,17)14-7-6-13;/h4-5,9,14H,2-3,6-8,13H2,1H3;1H. The van der Waals surface area contributed by atoms with Gasteiger partial charge >= 0.3 is 0 Å². The molecule has 7 heteroatoms. The molecule has 0 unspecified atom stereocenters. The lowest BCUT2D eigenvalue weighted by molar-refractivity contribution is 0.582. The van der Waals surface area contributed by atoms with Crippen LogP contribution in [0.3, 0.4) is 0 Å². The van der Waals surface area contributed by atoms with Gasteiger partial charge in [-0.3, -0.25) is 0 Å². The van der Waals surface area contributed by atoms with Gasteiger partial charge in [-0.05, 0) is 30.5 Å². The highest BCUT2D eigenvalue weighted by Gasteiger charge is 2.19. The molecule has 5 nitrogen and oxygen atoms in total. The summed E-state index contributed by atoms with van der Waals surface area (Å²) in [6, 6.07) is 5.31. The van der Waals surface area contributed by atoms with Gasteiger partial charge in [0.1, 0.15) is 0 Å². The summed E-state index contributed by atoms with van der Waals surface area (Å²) in [6.45, 7) is 1.52. The molecule has 0 atom stereocenters. The van der Waals surface area contributed by atoms with Crippen molar-refractivity contribution in [3.8, 4) is 0 Å². The number of fused-ring (bicyclic) bond motifs is 1. The van der Waals surface area contributed by atoms with E-state index in [1.165, 1.54) is 5.56 Å². The molecule has 0 aliphatic carbocycles. The number of hydrogen-bond acceptors (Lipinski definition) is 4. The van der Waals surface area contributed by atoms with Crippen molar-refractivity contribution in [2.24, 2.45) is 5.73 Å². The molecule has 1 heterocycles. The second-order valence-corrected chi connectivity index (χ2v) is 6.27. The van der Waals surface area contributed by atoms with Gasteiger partial charge < -0.3 is 10.6 Å². The summed E-state index contributed by atoms with van der Waals surface area (Å²) in [5.74, 6) is 0. The summed E-state index contributed by atoms with van der Waals surface area (Å²) in [5.41, 5.74) is 7.53. The van der Waals surface area contributed by atoms with Crippen LogP contribution in [0.5, 0.6) is 0 Å². The lowest BCUT2D eigenvalue weighted by atomic mass is 10.0. The largest absolute Gasteiger partial charge is 0.374 e. The molecule has 108 valence electrons. The number of halogens is 1. The Hall–Kier alpha value is -0.820. The van der Waals surface area contributed by atoms with Crippen LogP contribution in [0.1, 0.15) is 12.0 Å². The fourth-order valence-corrected chi connectivity index (χ4v) is 3.25. The van der Waals surface area contributed by atoms with Gasteiger partial charge in [0.2, 0.25) is 10.0 Å². The van der Waals surface area contributed by atoms with E-state index in [4.69, 9.17) is 5.73 Å². The normalized spacial score (nSPS) is 14.7. The highest BCUT2D eigenvalue weighted by atomic mass is 35.5. The monoisotopic (exact) mass is 305 g/mol. The quantitative estimate of drug-likeness (QED) is 0.860. The topological polar surface area (TPSA) is 75.4 Å². The van der Waals surface area contributed by atoms with Gasteiger partial charge in [-0.15, -0.1) is 12.4 Å². The SMILES string of the molecule is CN1CCCc2ccc(S(=O)(=O)NCCN)cc21.Cl. The highest BCUT2D eigenvalue weighted by molar-refractivity contribution is 7.89. The molecule has 0 fully saturated rings. The molecule has 19 heavy (non-hydrogen) atoms. The van der Waals surface area contributed by atoms with Crippen LogP contribution in [0, 0.1) is 0 Å². The molecule has 1 aliphatic heterocycles. The number of anilines is 1. The molecule has 0 radical (unpaired) electrons. The molecule has 0 saturated heterocycles. The summed E-state index contributed by atoms with van der Waals surface area (Å²) in [5, 5.41) is 0. The Bertz CT molecular complexity index is 534. The average Bonchev–Trinajstić information content (AvgIpc) is 2.36. The van der Waals surface area contributed by atoms with Crippen LogP contribution in [-0.2, 0) is 16.4 Å². The highest BCUT2D eigenvalue weighted by Crippen LogP contribution is 2.28. The smallest absolute Gasteiger partial charge is 0.240 e. The third-order valence-corrected chi connectivity index (χ3v) is 4.61. The van der Waals surface area contributed by atoms with E-state index in [1.807, 2.05) is 13.1 Å². The molecule has 0 amide bonds. The van der Waals surface area contributed by atoms with Crippen molar-refractivity contribution >= 4 is 28.1 Å². The van der Waals surface area contributed by atoms with E-state index in [0.717, 1.165) is 25.1 Å². The molecule has 2 rings (SSSR count). The van der Waals surface area contributed by atoms with Crippen LogP contribution in [0.2, 0.25) is 0 Å². The fraction of sp³-hybridized carbons (Fsp3) is 0.500. The molecule has 1 aromatic rings. The first-order chi connectivity index (χ1) is 8.54. The minimum absolute atomic E-state index is 0. The first-order valence-corrected chi connectivity index (χ1v) is 7.57. The zero-order valence-corrected chi connectivity index (χ0v) is 12.6. The molecule has 1 aromatic carbocycles. The van der Waals surface area contributed by atoms with Crippen LogP contribution < -0.4 is 15.4 Å². The second kappa shape index (κ2) is 6.56. The zero-order chi connectivity index (χ0) is 13.2.